The molecule has 4 nitrogen and oxygen atoms in total. The lowest BCUT2D eigenvalue weighted by molar-refractivity contribution is 0.102. The van der Waals surface area contributed by atoms with E-state index in [2.05, 4.69) is 15.3 Å². The number of hydrogen-bond acceptors (Lipinski definition) is 3. The van der Waals surface area contributed by atoms with E-state index in [0.29, 0.717) is 5.69 Å². The van der Waals surface area contributed by atoms with E-state index < -0.39 is 0 Å². The number of aromatic nitrogens is 2. The summed E-state index contributed by atoms with van der Waals surface area (Å²) >= 11 is 0. The third-order valence-electron chi connectivity index (χ3n) is 3.59. The SMILES string of the molecule is Cc1ncnc(C(=O)Nc2cccc3ccccc23)c1C. The minimum Gasteiger partial charge on any atom is -0.320 e. The van der Waals surface area contributed by atoms with Crippen LogP contribution in [0.1, 0.15) is 21.7 Å². The number of hydrogen-bond donors (Lipinski definition) is 1. The lowest BCUT2D eigenvalue weighted by Crippen LogP contribution is -2.16. The van der Waals surface area contributed by atoms with E-state index in [1.807, 2.05) is 56.3 Å². The number of nitrogens with zero attached hydrogens (tertiary/aromatic N) is 2. The number of anilines is 1. The molecule has 4 heteroatoms. The lowest BCUT2D eigenvalue weighted by Gasteiger charge is -2.10. The molecule has 3 rings (SSSR count). The van der Waals surface area contributed by atoms with Gasteiger partial charge in [0.25, 0.3) is 5.91 Å². The molecule has 0 saturated carbocycles. The van der Waals surface area contributed by atoms with Gasteiger partial charge in [-0.1, -0.05) is 36.4 Å². The normalized spacial score (nSPS) is 10.6. The van der Waals surface area contributed by atoms with Gasteiger partial charge in [0.05, 0.1) is 0 Å². The van der Waals surface area contributed by atoms with Crippen LogP contribution in [0.15, 0.2) is 48.8 Å². The first-order valence-electron chi connectivity index (χ1n) is 6.74. The smallest absolute Gasteiger partial charge is 0.274 e. The molecule has 3 aromatic rings. The van der Waals surface area contributed by atoms with Crippen LogP contribution in [-0.4, -0.2) is 15.9 Å². The van der Waals surface area contributed by atoms with Crippen molar-refractivity contribution in [3.05, 3.63) is 65.7 Å². The molecule has 1 heterocycles. The van der Waals surface area contributed by atoms with E-state index in [-0.39, 0.29) is 5.91 Å². The molecule has 1 aromatic heterocycles. The summed E-state index contributed by atoms with van der Waals surface area (Å²) in [6.45, 7) is 3.72. The van der Waals surface area contributed by atoms with Crippen LogP contribution < -0.4 is 5.32 Å². The zero-order chi connectivity index (χ0) is 14.8. The summed E-state index contributed by atoms with van der Waals surface area (Å²) in [7, 11) is 0. The van der Waals surface area contributed by atoms with E-state index in [1.54, 1.807) is 0 Å². The third kappa shape index (κ3) is 2.48. The van der Waals surface area contributed by atoms with Crippen molar-refractivity contribution in [2.45, 2.75) is 13.8 Å². The quantitative estimate of drug-likeness (QED) is 0.780. The molecule has 0 fully saturated rings. The lowest BCUT2D eigenvalue weighted by atomic mass is 10.1. The van der Waals surface area contributed by atoms with Crippen molar-refractivity contribution in [1.29, 1.82) is 0 Å². The predicted molar refractivity (Wildman–Crippen MR) is 83.4 cm³/mol. The number of benzene rings is 2. The number of nitrogens with one attached hydrogen (secondary N) is 1. The largest absolute Gasteiger partial charge is 0.320 e. The molecule has 21 heavy (non-hydrogen) atoms. The molecule has 2 aromatic carbocycles. The van der Waals surface area contributed by atoms with Gasteiger partial charge in [0.15, 0.2) is 0 Å². The molecule has 1 amide bonds. The average Bonchev–Trinajstić information content (AvgIpc) is 2.50. The molecule has 0 unspecified atom stereocenters. The maximum absolute atomic E-state index is 12.4. The summed E-state index contributed by atoms with van der Waals surface area (Å²) < 4.78 is 0. The first kappa shape index (κ1) is 13.2. The van der Waals surface area contributed by atoms with E-state index in [4.69, 9.17) is 0 Å². The molecule has 0 spiro atoms. The van der Waals surface area contributed by atoms with E-state index in [1.165, 1.54) is 6.33 Å². The van der Waals surface area contributed by atoms with Crippen molar-refractivity contribution in [2.24, 2.45) is 0 Å². The second-order valence-electron chi connectivity index (χ2n) is 4.91. The Bertz CT molecular complexity index is 822. The van der Waals surface area contributed by atoms with E-state index in [0.717, 1.165) is 27.7 Å². The van der Waals surface area contributed by atoms with Crippen molar-refractivity contribution >= 4 is 22.4 Å². The van der Waals surface area contributed by atoms with Gasteiger partial charge in [-0.25, -0.2) is 9.97 Å². The summed E-state index contributed by atoms with van der Waals surface area (Å²) in [5, 5.41) is 5.04. The monoisotopic (exact) mass is 277 g/mol. The topological polar surface area (TPSA) is 54.9 Å². The molecule has 0 aliphatic carbocycles. The summed E-state index contributed by atoms with van der Waals surface area (Å²) in [6.07, 6.45) is 1.42. The Hall–Kier alpha value is -2.75. The molecular formula is C17H15N3O. The van der Waals surface area contributed by atoms with Crippen LogP contribution in [0.3, 0.4) is 0 Å². The highest BCUT2D eigenvalue weighted by molar-refractivity contribution is 6.08. The van der Waals surface area contributed by atoms with Gasteiger partial charge in [-0.05, 0) is 25.3 Å². The maximum Gasteiger partial charge on any atom is 0.274 e. The van der Waals surface area contributed by atoms with Gasteiger partial charge in [0.1, 0.15) is 12.0 Å². The minimum atomic E-state index is -0.214. The van der Waals surface area contributed by atoms with Gasteiger partial charge < -0.3 is 5.32 Å². The van der Waals surface area contributed by atoms with Crippen LogP contribution in [0.4, 0.5) is 5.69 Å². The molecule has 1 N–H and O–H groups in total. The highest BCUT2D eigenvalue weighted by Crippen LogP contribution is 2.23. The molecule has 0 aliphatic heterocycles. The Kier molecular flexibility index (Phi) is 3.36. The van der Waals surface area contributed by atoms with Crippen LogP contribution in [0.25, 0.3) is 10.8 Å². The second-order valence-corrected chi connectivity index (χ2v) is 4.91. The zero-order valence-corrected chi connectivity index (χ0v) is 11.9. The van der Waals surface area contributed by atoms with Gasteiger partial charge in [0, 0.05) is 22.3 Å². The van der Waals surface area contributed by atoms with Gasteiger partial charge in [0.2, 0.25) is 0 Å². The first-order valence-corrected chi connectivity index (χ1v) is 6.74. The fourth-order valence-electron chi connectivity index (χ4n) is 2.28. The van der Waals surface area contributed by atoms with Crippen molar-refractivity contribution in [3.8, 4) is 0 Å². The Labute approximate surface area is 122 Å². The molecule has 0 atom stereocenters. The number of rotatable bonds is 2. The summed E-state index contributed by atoms with van der Waals surface area (Å²) in [5.41, 5.74) is 2.81. The number of fused-ring (bicyclic) bond motifs is 1. The third-order valence-corrected chi connectivity index (χ3v) is 3.59. The van der Waals surface area contributed by atoms with E-state index in [9.17, 15) is 4.79 Å². The van der Waals surface area contributed by atoms with Gasteiger partial charge in [-0.3, -0.25) is 4.79 Å². The van der Waals surface area contributed by atoms with Crippen LogP contribution >= 0.6 is 0 Å². The average molecular weight is 277 g/mol. The van der Waals surface area contributed by atoms with Crippen LogP contribution in [-0.2, 0) is 0 Å². The van der Waals surface area contributed by atoms with Gasteiger partial charge in [-0.2, -0.15) is 0 Å². The predicted octanol–water partition coefficient (Wildman–Crippen LogP) is 3.50. The Balaban J connectivity index is 1.99. The number of carbonyl (C=O) groups excluding carboxylic acids is 1. The zero-order valence-electron chi connectivity index (χ0n) is 11.9. The highest BCUT2D eigenvalue weighted by atomic mass is 16.1. The van der Waals surface area contributed by atoms with Crippen molar-refractivity contribution in [3.63, 3.8) is 0 Å². The maximum atomic E-state index is 12.4. The molecule has 0 saturated heterocycles. The van der Waals surface area contributed by atoms with Crippen LogP contribution in [0.2, 0.25) is 0 Å². The second kappa shape index (κ2) is 5.32. The van der Waals surface area contributed by atoms with Crippen LogP contribution in [0.5, 0.6) is 0 Å². The Morgan fingerprint density at radius 2 is 1.76 bits per heavy atom. The number of amides is 1. The van der Waals surface area contributed by atoms with E-state index >= 15 is 0 Å². The van der Waals surface area contributed by atoms with Crippen molar-refractivity contribution < 1.29 is 4.79 Å². The molecule has 0 bridgehead atoms. The first-order chi connectivity index (χ1) is 10.2. The molecule has 0 radical (unpaired) electrons. The highest BCUT2D eigenvalue weighted by Gasteiger charge is 2.13. The fourth-order valence-corrected chi connectivity index (χ4v) is 2.28. The Morgan fingerprint density at radius 3 is 2.62 bits per heavy atom. The Morgan fingerprint density at radius 1 is 1.00 bits per heavy atom. The van der Waals surface area contributed by atoms with Crippen molar-refractivity contribution in [1.82, 2.24) is 9.97 Å². The van der Waals surface area contributed by atoms with Crippen LogP contribution in [0, 0.1) is 13.8 Å². The summed E-state index contributed by atoms with van der Waals surface area (Å²) in [6, 6.07) is 13.8. The fraction of sp³-hybridized carbons (Fsp3) is 0.118. The molecule has 104 valence electrons. The number of carbonyl (C=O) groups is 1. The van der Waals surface area contributed by atoms with Gasteiger partial charge >= 0.3 is 0 Å². The molecular weight excluding hydrogens is 262 g/mol. The van der Waals surface area contributed by atoms with Gasteiger partial charge in [-0.15, -0.1) is 0 Å². The standard InChI is InChI=1S/C17H15N3O/c1-11-12(2)18-10-19-16(11)17(21)20-15-9-5-7-13-6-3-4-8-14(13)15/h3-10H,1-2H3,(H,20,21). The number of aryl methyl sites for hydroxylation is 1. The molecule has 0 aliphatic rings. The minimum absolute atomic E-state index is 0.214. The van der Waals surface area contributed by atoms with Crippen molar-refractivity contribution in [2.75, 3.05) is 5.32 Å². The summed E-state index contributed by atoms with van der Waals surface area (Å²) in [5.74, 6) is -0.214. The summed E-state index contributed by atoms with van der Waals surface area (Å²) in [4.78, 5) is 20.6.